The van der Waals surface area contributed by atoms with Crippen molar-refractivity contribution in [3.05, 3.63) is 222 Å². The molecule has 1 unspecified atom stereocenters. The number of benzene rings is 10. The van der Waals surface area contributed by atoms with Crippen molar-refractivity contribution in [1.82, 2.24) is 4.98 Å². The summed E-state index contributed by atoms with van der Waals surface area (Å²) in [6, 6.07) is 74.6. The van der Waals surface area contributed by atoms with Gasteiger partial charge in [-0.3, -0.25) is 0 Å². The van der Waals surface area contributed by atoms with Gasteiger partial charge in [-0.05, 0) is 94.9 Å². The van der Waals surface area contributed by atoms with E-state index in [1.165, 1.54) is 110 Å². The number of hydrogen-bond donors (Lipinski definition) is 0. The van der Waals surface area contributed by atoms with Crippen molar-refractivity contribution in [2.24, 2.45) is 0 Å². The van der Waals surface area contributed by atoms with Crippen LogP contribution >= 0.6 is 0 Å². The molecule has 2 aliphatic carbocycles. The molecule has 11 aromatic rings. The van der Waals surface area contributed by atoms with E-state index < -0.39 is 5.41 Å². The lowest BCUT2D eigenvalue weighted by Gasteiger charge is -2.40. The maximum absolute atomic E-state index is 5.46. The molecule has 0 bridgehead atoms. The molecule has 57 heavy (non-hydrogen) atoms. The van der Waals surface area contributed by atoms with Crippen LogP contribution in [0.5, 0.6) is 0 Å². The van der Waals surface area contributed by atoms with Crippen LogP contribution < -0.4 is 0 Å². The van der Waals surface area contributed by atoms with Gasteiger partial charge in [0.05, 0.1) is 16.4 Å². The molecule has 1 nitrogen and oxygen atoms in total. The largest absolute Gasteiger partial charge is 0.246 e. The highest BCUT2D eigenvalue weighted by Crippen LogP contribution is 2.62. The van der Waals surface area contributed by atoms with Crippen LogP contribution in [0.2, 0.25) is 0 Å². The van der Waals surface area contributed by atoms with Gasteiger partial charge >= 0.3 is 0 Å². The number of hydrogen-bond acceptors (Lipinski definition) is 1. The summed E-state index contributed by atoms with van der Waals surface area (Å²) < 4.78 is 0. The summed E-state index contributed by atoms with van der Waals surface area (Å²) >= 11 is 0. The highest BCUT2D eigenvalue weighted by Gasteiger charge is 2.50. The van der Waals surface area contributed by atoms with Gasteiger partial charge in [0, 0.05) is 27.1 Å². The molecular formula is C56H33N. The Morgan fingerprint density at radius 3 is 1.53 bits per heavy atom. The molecule has 0 radical (unpaired) electrons. The molecule has 0 aliphatic heterocycles. The second-order valence-electron chi connectivity index (χ2n) is 15.7. The zero-order valence-corrected chi connectivity index (χ0v) is 31.0. The normalized spacial score (nSPS) is 15.1. The maximum atomic E-state index is 5.46. The second kappa shape index (κ2) is 11.4. The smallest absolute Gasteiger partial charge is 0.0794 e. The highest BCUT2D eigenvalue weighted by molar-refractivity contribution is 6.21. The van der Waals surface area contributed by atoms with Crippen molar-refractivity contribution in [3.8, 4) is 44.5 Å². The van der Waals surface area contributed by atoms with E-state index in [2.05, 4.69) is 200 Å². The average molecular weight is 720 g/mol. The highest BCUT2D eigenvalue weighted by atomic mass is 14.7. The van der Waals surface area contributed by atoms with E-state index in [4.69, 9.17) is 4.98 Å². The Labute approximate surface area is 330 Å². The van der Waals surface area contributed by atoms with Crippen LogP contribution in [0, 0.1) is 0 Å². The van der Waals surface area contributed by atoms with Crippen LogP contribution in [-0.4, -0.2) is 4.98 Å². The zero-order chi connectivity index (χ0) is 37.2. The van der Waals surface area contributed by atoms with Crippen LogP contribution in [0.15, 0.2) is 200 Å². The molecule has 1 atom stereocenters. The number of pyridine rings is 1. The fraction of sp³-hybridized carbons (Fsp3) is 0.0179. The zero-order valence-electron chi connectivity index (χ0n) is 31.0. The second-order valence-corrected chi connectivity index (χ2v) is 15.7. The molecule has 0 saturated carbocycles. The maximum Gasteiger partial charge on any atom is 0.0794 e. The first-order valence-electron chi connectivity index (χ1n) is 19.9. The summed E-state index contributed by atoms with van der Waals surface area (Å²) in [5.41, 5.74) is 17.1. The van der Waals surface area contributed by atoms with Crippen LogP contribution in [0.3, 0.4) is 0 Å². The molecule has 1 spiro atoms. The first kappa shape index (κ1) is 30.9. The quantitative estimate of drug-likeness (QED) is 0.128. The predicted molar refractivity (Wildman–Crippen MR) is 239 cm³/mol. The van der Waals surface area contributed by atoms with Gasteiger partial charge in [0.2, 0.25) is 0 Å². The summed E-state index contributed by atoms with van der Waals surface area (Å²) in [5, 5.41) is 9.73. The van der Waals surface area contributed by atoms with Crippen molar-refractivity contribution in [3.63, 3.8) is 0 Å². The Morgan fingerprint density at radius 1 is 0.298 bits per heavy atom. The van der Waals surface area contributed by atoms with Gasteiger partial charge in [-0.2, -0.15) is 0 Å². The van der Waals surface area contributed by atoms with Gasteiger partial charge < -0.3 is 0 Å². The van der Waals surface area contributed by atoms with Gasteiger partial charge in [0.1, 0.15) is 0 Å². The lowest BCUT2D eigenvalue weighted by atomic mass is 9.61. The van der Waals surface area contributed by atoms with E-state index in [1.807, 2.05) is 0 Å². The van der Waals surface area contributed by atoms with Gasteiger partial charge in [-0.25, -0.2) is 4.98 Å². The van der Waals surface area contributed by atoms with E-state index in [0.717, 1.165) is 11.0 Å². The fourth-order valence-electron chi connectivity index (χ4n) is 10.7. The molecule has 262 valence electrons. The Morgan fingerprint density at radius 2 is 0.807 bits per heavy atom. The molecule has 0 N–H and O–H groups in total. The molecule has 0 amide bonds. The van der Waals surface area contributed by atoms with Crippen LogP contribution in [0.25, 0.3) is 98.6 Å². The summed E-state index contributed by atoms with van der Waals surface area (Å²) in [6.45, 7) is 0. The minimum absolute atomic E-state index is 0.455. The van der Waals surface area contributed by atoms with Crippen molar-refractivity contribution >= 4 is 54.1 Å². The monoisotopic (exact) mass is 719 g/mol. The molecule has 2 aliphatic rings. The summed E-state index contributed by atoms with van der Waals surface area (Å²) in [4.78, 5) is 5.46. The van der Waals surface area contributed by atoms with E-state index in [9.17, 15) is 0 Å². The van der Waals surface area contributed by atoms with E-state index >= 15 is 0 Å². The average Bonchev–Trinajstić information content (AvgIpc) is 3.57. The number of aromatic nitrogens is 1. The Hall–Kier alpha value is -7.35. The molecule has 1 aromatic heterocycles. The van der Waals surface area contributed by atoms with Crippen LogP contribution in [0.4, 0.5) is 0 Å². The summed E-state index contributed by atoms with van der Waals surface area (Å²) in [6.07, 6.45) is 0. The van der Waals surface area contributed by atoms with Gasteiger partial charge in [0.25, 0.3) is 0 Å². The minimum Gasteiger partial charge on any atom is -0.246 e. The lowest BCUT2D eigenvalue weighted by molar-refractivity contribution is 0.774. The number of fused-ring (bicyclic) bond motifs is 15. The molecule has 0 fully saturated rings. The van der Waals surface area contributed by atoms with E-state index in [-0.39, 0.29) is 0 Å². The topological polar surface area (TPSA) is 12.9 Å². The first-order valence-corrected chi connectivity index (χ1v) is 19.9. The minimum atomic E-state index is -0.455. The van der Waals surface area contributed by atoms with Gasteiger partial charge in [-0.1, -0.05) is 188 Å². The fourth-order valence-corrected chi connectivity index (χ4v) is 10.7. The van der Waals surface area contributed by atoms with Crippen molar-refractivity contribution < 1.29 is 0 Å². The summed E-state index contributed by atoms with van der Waals surface area (Å²) in [5.74, 6) is 0. The predicted octanol–water partition coefficient (Wildman–Crippen LogP) is 14.5. The Balaban J connectivity index is 1.08. The first-order chi connectivity index (χ1) is 28.3. The number of rotatable bonds is 2. The van der Waals surface area contributed by atoms with E-state index in [0.29, 0.717) is 0 Å². The molecule has 1 heteroatoms. The van der Waals surface area contributed by atoms with E-state index in [1.54, 1.807) is 0 Å². The molecule has 10 aromatic carbocycles. The van der Waals surface area contributed by atoms with Crippen molar-refractivity contribution in [2.75, 3.05) is 0 Å². The SMILES string of the molecule is c1cc(-c2ccc3c(c2)C2(c4ccccc4-3)c3ccccc3-c3cccc4cccc2c34)cc(-c2c3ccc4ccccc4c3nc3c2ccc2ccccc23)c1. The Bertz CT molecular complexity index is 3440. The molecule has 0 saturated heterocycles. The third-order valence-electron chi connectivity index (χ3n) is 13.0. The van der Waals surface area contributed by atoms with Crippen molar-refractivity contribution in [2.45, 2.75) is 5.41 Å². The van der Waals surface area contributed by atoms with Gasteiger partial charge in [-0.15, -0.1) is 0 Å². The lowest BCUT2D eigenvalue weighted by Crippen LogP contribution is -2.31. The van der Waals surface area contributed by atoms with Crippen LogP contribution in [0.1, 0.15) is 22.3 Å². The third kappa shape index (κ3) is 4.05. The van der Waals surface area contributed by atoms with Gasteiger partial charge in [0.15, 0.2) is 0 Å². The van der Waals surface area contributed by atoms with Crippen molar-refractivity contribution in [1.29, 1.82) is 0 Å². The Kier molecular flexibility index (Phi) is 6.16. The third-order valence-corrected chi connectivity index (χ3v) is 13.0. The van der Waals surface area contributed by atoms with Crippen LogP contribution in [-0.2, 0) is 5.41 Å². The molecule has 1 heterocycles. The number of nitrogens with zero attached hydrogens (tertiary/aromatic N) is 1. The summed E-state index contributed by atoms with van der Waals surface area (Å²) in [7, 11) is 0. The molecule has 13 rings (SSSR count). The molecular weight excluding hydrogens is 687 g/mol. The standard InChI is InChI=1S/C56H33N/c1-3-18-40-34(12-1)26-30-46-52(47-31-27-35-13-2-4-19-41(35)55(47)57-54(40)46)39-17-9-16-37(32-39)38-28-29-44-42-20-5-7-23-48(42)56(51(44)33-38)49-24-8-6-21-43(49)45-22-10-14-36-15-11-25-50(56)53(36)45/h1-33H.